The maximum absolute atomic E-state index is 11.3. The number of carbonyl (C=O) groups is 1. The van der Waals surface area contributed by atoms with Gasteiger partial charge in [-0.05, 0) is 24.6 Å². The zero-order valence-electron chi connectivity index (χ0n) is 10.2. The lowest BCUT2D eigenvalue weighted by Crippen LogP contribution is -2.26. The van der Waals surface area contributed by atoms with Crippen LogP contribution in [0.5, 0.6) is 0 Å². The first-order valence-electron chi connectivity index (χ1n) is 5.26. The van der Waals surface area contributed by atoms with E-state index in [1.165, 1.54) is 12.1 Å². The Labute approximate surface area is 106 Å². The first kappa shape index (κ1) is 14.6. The number of primary amides is 1. The molecule has 1 atom stereocenters. The van der Waals surface area contributed by atoms with E-state index >= 15 is 0 Å². The minimum Gasteiger partial charge on any atom is -0.368 e. The number of amides is 1. The molecule has 1 aromatic carbocycles. The van der Waals surface area contributed by atoms with Crippen molar-refractivity contribution in [2.75, 3.05) is 12.9 Å². The average molecular weight is 272 g/mol. The van der Waals surface area contributed by atoms with Crippen LogP contribution in [0.2, 0.25) is 0 Å². The van der Waals surface area contributed by atoms with Gasteiger partial charge in [-0.15, -0.1) is 0 Å². The van der Waals surface area contributed by atoms with Gasteiger partial charge in [-0.3, -0.25) is 9.63 Å². The minimum absolute atomic E-state index is 0.182. The summed E-state index contributed by atoms with van der Waals surface area (Å²) in [5, 5.41) is 0. The van der Waals surface area contributed by atoms with E-state index in [9.17, 15) is 13.2 Å². The highest BCUT2D eigenvalue weighted by atomic mass is 32.2. The molecule has 7 heteroatoms. The van der Waals surface area contributed by atoms with Gasteiger partial charge in [0.2, 0.25) is 5.91 Å². The molecular weight excluding hydrogens is 256 g/mol. The van der Waals surface area contributed by atoms with E-state index in [1.54, 1.807) is 12.1 Å². The van der Waals surface area contributed by atoms with Crippen LogP contribution in [0, 0.1) is 0 Å². The molecule has 0 aliphatic carbocycles. The Kier molecular flexibility index (Phi) is 4.83. The lowest BCUT2D eigenvalue weighted by Gasteiger charge is -2.13. The fourth-order valence-corrected chi connectivity index (χ4v) is 1.94. The minimum atomic E-state index is -3.19. The van der Waals surface area contributed by atoms with E-state index in [0.29, 0.717) is 0 Å². The number of sulfone groups is 1. The fraction of sp³-hybridized carbons (Fsp3) is 0.364. The third kappa shape index (κ3) is 4.44. The van der Waals surface area contributed by atoms with E-state index in [2.05, 4.69) is 5.48 Å². The maximum atomic E-state index is 11.3. The van der Waals surface area contributed by atoms with Crippen molar-refractivity contribution in [3.05, 3.63) is 29.8 Å². The topological polar surface area (TPSA) is 98.5 Å². The van der Waals surface area contributed by atoms with Crippen molar-refractivity contribution < 1.29 is 18.0 Å². The molecule has 0 aliphatic rings. The van der Waals surface area contributed by atoms with Crippen molar-refractivity contribution in [2.45, 2.75) is 17.9 Å². The molecule has 6 nitrogen and oxygen atoms in total. The first-order chi connectivity index (χ1) is 8.30. The molecule has 1 rings (SSSR count). The lowest BCUT2D eigenvalue weighted by molar-refractivity contribution is -0.126. The third-order valence-corrected chi connectivity index (χ3v) is 3.41. The van der Waals surface area contributed by atoms with Crippen LogP contribution in [0.25, 0.3) is 0 Å². The van der Waals surface area contributed by atoms with Crippen LogP contribution in [-0.4, -0.2) is 27.2 Å². The van der Waals surface area contributed by atoms with Gasteiger partial charge in [-0.2, -0.15) is 5.48 Å². The number of hydrogen-bond acceptors (Lipinski definition) is 5. The maximum Gasteiger partial charge on any atom is 0.245 e. The Morgan fingerprint density at radius 3 is 2.39 bits per heavy atom. The van der Waals surface area contributed by atoms with Crippen LogP contribution >= 0.6 is 0 Å². The van der Waals surface area contributed by atoms with Gasteiger partial charge in [0.05, 0.1) is 10.9 Å². The fourth-order valence-electron chi connectivity index (χ4n) is 1.31. The molecule has 1 unspecified atom stereocenters. The number of nitrogens with two attached hydrogens (primary N) is 1. The third-order valence-electron chi connectivity index (χ3n) is 2.28. The standard InChI is InChI=1S/C11H16N2O4S/c1-8(13-17-7-11(12)14)9-3-5-10(6-4-9)18(2,15)16/h3-6,8,13H,7H2,1-2H3,(H2,12,14). The van der Waals surface area contributed by atoms with Gasteiger partial charge in [-0.1, -0.05) is 12.1 Å². The summed E-state index contributed by atoms with van der Waals surface area (Å²) in [5.74, 6) is -0.567. The second kappa shape index (κ2) is 5.94. The van der Waals surface area contributed by atoms with Crippen molar-refractivity contribution in [1.82, 2.24) is 5.48 Å². The Hall–Kier alpha value is -1.44. The molecule has 0 fully saturated rings. The van der Waals surface area contributed by atoms with Crippen LogP contribution in [-0.2, 0) is 19.5 Å². The quantitative estimate of drug-likeness (QED) is 0.719. The van der Waals surface area contributed by atoms with E-state index in [4.69, 9.17) is 10.6 Å². The summed E-state index contributed by atoms with van der Waals surface area (Å²) in [5.41, 5.74) is 8.39. The number of nitrogens with one attached hydrogen (secondary N) is 1. The molecule has 1 aromatic rings. The van der Waals surface area contributed by atoms with Crippen LogP contribution in [0.4, 0.5) is 0 Å². The molecule has 1 amide bonds. The summed E-state index contributed by atoms with van der Waals surface area (Å²) in [4.78, 5) is 15.6. The number of carbonyl (C=O) groups excluding carboxylic acids is 1. The number of rotatable bonds is 6. The van der Waals surface area contributed by atoms with Gasteiger partial charge in [0.1, 0.15) is 6.61 Å². The van der Waals surface area contributed by atoms with Crippen molar-refractivity contribution >= 4 is 15.7 Å². The highest BCUT2D eigenvalue weighted by Crippen LogP contribution is 2.15. The second-order valence-corrected chi connectivity index (χ2v) is 5.95. The molecular formula is C11H16N2O4S. The summed E-state index contributed by atoms with van der Waals surface area (Å²) < 4.78 is 22.5. The van der Waals surface area contributed by atoms with E-state index in [1.807, 2.05) is 6.92 Å². The van der Waals surface area contributed by atoms with E-state index in [-0.39, 0.29) is 17.5 Å². The van der Waals surface area contributed by atoms with Gasteiger partial charge >= 0.3 is 0 Å². The Morgan fingerprint density at radius 2 is 1.94 bits per heavy atom. The summed E-state index contributed by atoms with van der Waals surface area (Å²) in [6.07, 6.45) is 1.15. The molecule has 0 heterocycles. The van der Waals surface area contributed by atoms with E-state index < -0.39 is 15.7 Å². The van der Waals surface area contributed by atoms with Crippen molar-refractivity contribution in [1.29, 1.82) is 0 Å². The number of benzene rings is 1. The van der Waals surface area contributed by atoms with Gasteiger partial charge in [0.15, 0.2) is 9.84 Å². The van der Waals surface area contributed by atoms with Gasteiger partial charge in [0, 0.05) is 6.26 Å². The Balaban J connectivity index is 2.65. The molecule has 0 saturated carbocycles. The van der Waals surface area contributed by atoms with Gasteiger partial charge in [-0.25, -0.2) is 8.42 Å². The Bertz CT molecular complexity index is 510. The van der Waals surface area contributed by atoms with E-state index in [0.717, 1.165) is 11.8 Å². The van der Waals surface area contributed by atoms with Gasteiger partial charge < -0.3 is 5.73 Å². The number of hydrogen-bond donors (Lipinski definition) is 2. The smallest absolute Gasteiger partial charge is 0.245 e. The number of hydroxylamine groups is 1. The van der Waals surface area contributed by atoms with Crippen LogP contribution < -0.4 is 11.2 Å². The average Bonchev–Trinajstić information content (AvgIpc) is 2.27. The molecule has 18 heavy (non-hydrogen) atoms. The largest absolute Gasteiger partial charge is 0.368 e. The molecule has 100 valence electrons. The summed E-state index contributed by atoms with van der Waals surface area (Å²) >= 11 is 0. The highest BCUT2D eigenvalue weighted by Gasteiger charge is 2.09. The highest BCUT2D eigenvalue weighted by molar-refractivity contribution is 7.90. The summed E-state index contributed by atoms with van der Waals surface area (Å²) in [6, 6.07) is 6.23. The molecule has 3 N–H and O–H groups in total. The van der Waals surface area contributed by atoms with Crippen LogP contribution in [0.1, 0.15) is 18.5 Å². The summed E-state index contributed by atoms with van der Waals surface area (Å²) in [6.45, 7) is 1.60. The van der Waals surface area contributed by atoms with Crippen molar-refractivity contribution in [2.24, 2.45) is 5.73 Å². The molecule has 0 bridgehead atoms. The van der Waals surface area contributed by atoms with Crippen LogP contribution in [0.3, 0.4) is 0 Å². The Morgan fingerprint density at radius 1 is 1.39 bits per heavy atom. The van der Waals surface area contributed by atoms with Crippen LogP contribution in [0.15, 0.2) is 29.2 Å². The molecule has 0 aromatic heterocycles. The normalized spacial score (nSPS) is 13.2. The molecule has 0 saturated heterocycles. The summed E-state index contributed by atoms with van der Waals surface area (Å²) in [7, 11) is -3.19. The first-order valence-corrected chi connectivity index (χ1v) is 7.15. The molecule has 0 aliphatic heterocycles. The predicted molar refractivity (Wildman–Crippen MR) is 66.2 cm³/mol. The van der Waals surface area contributed by atoms with Crippen molar-refractivity contribution in [3.8, 4) is 0 Å². The zero-order valence-corrected chi connectivity index (χ0v) is 11.0. The SMILES string of the molecule is CC(NOCC(N)=O)c1ccc(S(C)(=O)=O)cc1. The monoisotopic (exact) mass is 272 g/mol. The van der Waals surface area contributed by atoms with Crippen molar-refractivity contribution in [3.63, 3.8) is 0 Å². The lowest BCUT2D eigenvalue weighted by atomic mass is 10.1. The molecule has 0 radical (unpaired) electrons. The zero-order chi connectivity index (χ0) is 13.8. The molecule has 0 spiro atoms. The van der Waals surface area contributed by atoms with Gasteiger partial charge in [0.25, 0.3) is 0 Å². The predicted octanol–water partition coefficient (Wildman–Crippen LogP) is 0.158. The second-order valence-electron chi connectivity index (χ2n) is 3.94.